The molecule has 0 aromatic carbocycles. The van der Waals surface area contributed by atoms with Crippen LogP contribution in [-0.2, 0) is 6.54 Å². The summed E-state index contributed by atoms with van der Waals surface area (Å²) in [5.74, 6) is 0.847. The quantitative estimate of drug-likeness (QED) is 0.841. The average Bonchev–Trinajstić information content (AvgIpc) is 2.95. The van der Waals surface area contributed by atoms with Crippen LogP contribution in [0.4, 0.5) is 0 Å². The van der Waals surface area contributed by atoms with E-state index >= 15 is 0 Å². The summed E-state index contributed by atoms with van der Waals surface area (Å²) in [4.78, 5) is 14.0. The molecule has 3 rings (SSSR count). The number of aromatic nitrogens is 2. The highest BCUT2D eigenvalue weighted by molar-refractivity contribution is 5.00. The molecule has 0 spiro atoms. The third-order valence-electron chi connectivity index (χ3n) is 4.54. The van der Waals surface area contributed by atoms with E-state index < -0.39 is 0 Å². The number of hydrogen-bond acceptors (Lipinski definition) is 4. The van der Waals surface area contributed by atoms with Crippen LogP contribution in [-0.4, -0.2) is 52.5 Å². The monoisotopic (exact) mass is 274 g/mol. The molecular weight excluding hydrogens is 248 g/mol. The van der Waals surface area contributed by atoms with Gasteiger partial charge in [-0.2, -0.15) is 0 Å². The summed E-state index contributed by atoms with van der Waals surface area (Å²) in [5, 5.41) is 0. The normalized spacial score (nSPS) is 25.1. The summed E-state index contributed by atoms with van der Waals surface area (Å²) in [5.41, 5.74) is 2.11. The Labute approximate surface area is 122 Å². The Kier molecular flexibility index (Phi) is 4.63. The zero-order chi connectivity index (χ0) is 13.8. The number of aryl methyl sites for hydroxylation is 1. The van der Waals surface area contributed by atoms with Gasteiger partial charge in [0.25, 0.3) is 0 Å². The van der Waals surface area contributed by atoms with Gasteiger partial charge in [-0.15, -0.1) is 0 Å². The average molecular weight is 274 g/mol. The van der Waals surface area contributed by atoms with Crippen LogP contribution < -0.4 is 0 Å². The minimum absolute atomic E-state index is 0.847. The minimum Gasteiger partial charge on any atom is -0.303 e. The summed E-state index contributed by atoms with van der Waals surface area (Å²) < 4.78 is 0. The first-order chi connectivity index (χ1) is 9.79. The fourth-order valence-electron chi connectivity index (χ4n) is 3.50. The molecule has 1 atom stereocenters. The van der Waals surface area contributed by atoms with Gasteiger partial charge in [0.2, 0.25) is 0 Å². The van der Waals surface area contributed by atoms with Crippen LogP contribution in [0.5, 0.6) is 0 Å². The molecule has 1 aromatic heterocycles. The standard InChI is InChI=1S/C16H26N4/c1-14-9-18-16(10-17-14)13-20-8-4-5-15(12-20)11-19-6-2-3-7-19/h9-10,15H,2-8,11-13H2,1H3. The van der Waals surface area contributed by atoms with Crippen molar-refractivity contribution in [1.29, 1.82) is 0 Å². The van der Waals surface area contributed by atoms with Gasteiger partial charge in [-0.05, 0) is 58.2 Å². The lowest BCUT2D eigenvalue weighted by Gasteiger charge is -2.34. The molecule has 0 N–H and O–H groups in total. The van der Waals surface area contributed by atoms with Gasteiger partial charge in [-0.25, -0.2) is 0 Å². The number of nitrogens with zero attached hydrogens (tertiary/aromatic N) is 4. The van der Waals surface area contributed by atoms with E-state index in [9.17, 15) is 0 Å². The number of hydrogen-bond donors (Lipinski definition) is 0. The molecule has 2 fully saturated rings. The first-order valence-electron chi connectivity index (χ1n) is 8.02. The van der Waals surface area contributed by atoms with Crippen molar-refractivity contribution in [3.05, 3.63) is 23.8 Å². The molecule has 0 aliphatic carbocycles. The topological polar surface area (TPSA) is 32.3 Å². The van der Waals surface area contributed by atoms with E-state index in [4.69, 9.17) is 0 Å². The number of rotatable bonds is 4. The molecule has 0 radical (unpaired) electrons. The van der Waals surface area contributed by atoms with Crippen molar-refractivity contribution >= 4 is 0 Å². The first-order valence-corrected chi connectivity index (χ1v) is 8.02. The summed E-state index contributed by atoms with van der Waals surface area (Å²) in [6.07, 6.45) is 9.33. The molecule has 3 heterocycles. The number of likely N-dealkylation sites (tertiary alicyclic amines) is 2. The summed E-state index contributed by atoms with van der Waals surface area (Å²) in [6.45, 7) is 9.33. The summed E-state index contributed by atoms with van der Waals surface area (Å²) in [6, 6.07) is 0. The van der Waals surface area contributed by atoms with Crippen molar-refractivity contribution < 1.29 is 0 Å². The van der Waals surface area contributed by atoms with E-state index in [1.165, 1.54) is 58.4 Å². The van der Waals surface area contributed by atoms with Crippen LogP contribution >= 0.6 is 0 Å². The SMILES string of the molecule is Cc1cnc(CN2CCCC(CN3CCCC3)C2)cn1. The molecule has 2 aliphatic rings. The maximum atomic E-state index is 4.49. The van der Waals surface area contributed by atoms with Gasteiger partial charge < -0.3 is 4.90 Å². The molecule has 4 nitrogen and oxygen atoms in total. The third kappa shape index (κ3) is 3.76. The van der Waals surface area contributed by atoms with Crippen molar-refractivity contribution in [3.63, 3.8) is 0 Å². The van der Waals surface area contributed by atoms with Crippen LogP contribution in [0.2, 0.25) is 0 Å². The van der Waals surface area contributed by atoms with Gasteiger partial charge in [0.05, 0.1) is 11.4 Å². The Bertz CT molecular complexity index is 411. The Balaban J connectivity index is 1.50. The van der Waals surface area contributed by atoms with Crippen LogP contribution in [0, 0.1) is 12.8 Å². The molecule has 1 aromatic rings. The first kappa shape index (κ1) is 14.0. The van der Waals surface area contributed by atoms with E-state index in [0.29, 0.717) is 0 Å². The summed E-state index contributed by atoms with van der Waals surface area (Å²) in [7, 11) is 0. The lowest BCUT2D eigenvalue weighted by molar-refractivity contribution is 0.136. The van der Waals surface area contributed by atoms with Crippen molar-refractivity contribution in [2.24, 2.45) is 5.92 Å². The van der Waals surface area contributed by atoms with Gasteiger partial charge in [-0.1, -0.05) is 0 Å². The van der Waals surface area contributed by atoms with Crippen molar-refractivity contribution in [2.75, 3.05) is 32.7 Å². The van der Waals surface area contributed by atoms with E-state index in [0.717, 1.165) is 23.9 Å². The highest BCUT2D eigenvalue weighted by atomic mass is 15.2. The van der Waals surface area contributed by atoms with Crippen molar-refractivity contribution in [2.45, 2.75) is 39.2 Å². The molecular formula is C16H26N4. The maximum absolute atomic E-state index is 4.49. The van der Waals surface area contributed by atoms with Crippen LogP contribution in [0.1, 0.15) is 37.1 Å². The zero-order valence-electron chi connectivity index (χ0n) is 12.6. The van der Waals surface area contributed by atoms with Gasteiger partial charge in [0, 0.05) is 32.0 Å². The van der Waals surface area contributed by atoms with Crippen molar-refractivity contribution in [1.82, 2.24) is 19.8 Å². The molecule has 0 amide bonds. The maximum Gasteiger partial charge on any atom is 0.0727 e. The molecule has 2 saturated heterocycles. The van der Waals surface area contributed by atoms with E-state index in [2.05, 4.69) is 19.8 Å². The summed E-state index contributed by atoms with van der Waals surface area (Å²) >= 11 is 0. The predicted octanol–water partition coefficient (Wildman–Crippen LogP) is 2.09. The zero-order valence-corrected chi connectivity index (χ0v) is 12.6. The predicted molar refractivity (Wildman–Crippen MR) is 80.4 cm³/mol. The Hall–Kier alpha value is -1.00. The lowest BCUT2D eigenvalue weighted by atomic mass is 9.97. The molecule has 1 unspecified atom stereocenters. The van der Waals surface area contributed by atoms with Gasteiger partial charge in [0.15, 0.2) is 0 Å². The van der Waals surface area contributed by atoms with Crippen LogP contribution in [0.3, 0.4) is 0 Å². The van der Waals surface area contributed by atoms with E-state index in [-0.39, 0.29) is 0 Å². The lowest BCUT2D eigenvalue weighted by Crippen LogP contribution is -2.40. The molecule has 0 bridgehead atoms. The highest BCUT2D eigenvalue weighted by Gasteiger charge is 2.23. The molecule has 2 aliphatic heterocycles. The molecule has 20 heavy (non-hydrogen) atoms. The van der Waals surface area contributed by atoms with E-state index in [1.807, 2.05) is 19.3 Å². The van der Waals surface area contributed by atoms with Gasteiger partial charge >= 0.3 is 0 Å². The second-order valence-electron chi connectivity index (χ2n) is 6.40. The fourth-order valence-corrected chi connectivity index (χ4v) is 3.50. The van der Waals surface area contributed by atoms with Crippen LogP contribution in [0.15, 0.2) is 12.4 Å². The van der Waals surface area contributed by atoms with E-state index in [1.54, 1.807) is 0 Å². The van der Waals surface area contributed by atoms with Gasteiger partial charge in [-0.3, -0.25) is 14.9 Å². The molecule has 110 valence electrons. The smallest absolute Gasteiger partial charge is 0.0727 e. The van der Waals surface area contributed by atoms with Gasteiger partial charge in [0.1, 0.15) is 0 Å². The second kappa shape index (κ2) is 6.64. The number of piperidine rings is 1. The highest BCUT2D eigenvalue weighted by Crippen LogP contribution is 2.20. The minimum atomic E-state index is 0.847. The van der Waals surface area contributed by atoms with Crippen molar-refractivity contribution in [3.8, 4) is 0 Å². The van der Waals surface area contributed by atoms with Crippen LogP contribution in [0.25, 0.3) is 0 Å². The fraction of sp³-hybridized carbons (Fsp3) is 0.750. The largest absolute Gasteiger partial charge is 0.303 e. The molecule has 4 heteroatoms. The molecule has 0 saturated carbocycles. The third-order valence-corrected chi connectivity index (χ3v) is 4.54. The second-order valence-corrected chi connectivity index (χ2v) is 6.40. The Morgan fingerprint density at radius 3 is 2.60 bits per heavy atom. The Morgan fingerprint density at radius 2 is 1.85 bits per heavy atom. The Morgan fingerprint density at radius 1 is 1.05 bits per heavy atom.